The first-order chi connectivity index (χ1) is 9.02. The van der Waals surface area contributed by atoms with Crippen LogP contribution in [-0.2, 0) is 4.74 Å². The van der Waals surface area contributed by atoms with E-state index in [0.29, 0.717) is 12.3 Å². The quantitative estimate of drug-likeness (QED) is 0.626. The Bertz CT molecular complexity index is 476. The summed E-state index contributed by atoms with van der Waals surface area (Å²) >= 11 is 0. The Morgan fingerprint density at radius 3 is 2.89 bits per heavy atom. The summed E-state index contributed by atoms with van der Waals surface area (Å²) in [5.74, 6) is 0. The summed E-state index contributed by atoms with van der Waals surface area (Å²) in [5, 5.41) is 14.2. The molecule has 1 saturated carbocycles. The average Bonchev–Trinajstić information content (AvgIpc) is 2.35. The van der Waals surface area contributed by atoms with E-state index in [0.717, 1.165) is 12.0 Å². The summed E-state index contributed by atoms with van der Waals surface area (Å²) in [5.41, 5.74) is 7.49. The van der Waals surface area contributed by atoms with E-state index in [1.165, 1.54) is 6.07 Å². The van der Waals surface area contributed by atoms with Crippen LogP contribution in [0, 0.1) is 17.0 Å². The first-order valence-electron chi connectivity index (χ1n) is 6.41. The van der Waals surface area contributed by atoms with Crippen molar-refractivity contribution in [2.75, 3.05) is 11.9 Å². The largest absolute Gasteiger partial charge is 0.376 e. The van der Waals surface area contributed by atoms with Crippen LogP contribution >= 0.6 is 0 Å². The summed E-state index contributed by atoms with van der Waals surface area (Å²) < 4.78 is 5.55. The third-order valence-corrected chi connectivity index (χ3v) is 3.42. The zero-order chi connectivity index (χ0) is 14.0. The number of nitrogens with zero attached hydrogens (tertiary/aromatic N) is 1. The third-order valence-electron chi connectivity index (χ3n) is 3.42. The fourth-order valence-corrected chi connectivity index (χ4v) is 2.33. The fourth-order valence-electron chi connectivity index (χ4n) is 2.33. The van der Waals surface area contributed by atoms with Crippen LogP contribution in [0.1, 0.15) is 18.9 Å². The van der Waals surface area contributed by atoms with Gasteiger partial charge in [-0.1, -0.05) is 6.07 Å². The maximum absolute atomic E-state index is 11.0. The molecule has 104 valence electrons. The first-order valence-corrected chi connectivity index (χ1v) is 6.41. The van der Waals surface area contributed by atoms with Gasteiger partial charge in [-0.05, 0) is 31.9 Å². The molecule has 0 spiro atoms. The van der Waals surface area contributed by atoms with Crippen molar-refractivity contribution >= 4 is 11.4 Å². The van der Waals surface area contributed by atoms with Crippen LogP contribution in [0.25, 0.3) is 0 Å². The van der Waals surface area contributed by atoms with E-state index in [1.54, 1.807) is 12.1 Å². The van der Waals surface area contributed by atoms with Crippen LogP contribution in [0.4, 0.5) is 11.4 Å². The highest BCUT2D eigenvalue weighted by atomic mass is 16.6. The molecule has 3 N–H and O–H groups in total. The summed E-state index contributed by atoms with van der Waals surface area (Å²) in [6.07, 6.45) is 0.811. The number of rotatable bonds is 5. The molecular formula is C13H19N3O3. The molecule has 0 bridgehead atoms. The van der Waals surface area contributed by atoms with Gasteiger partial charge in [0.05, 0.1) is 17.1 Å². The van der Waals surface area contributed by atoms with Gasteiger partial charge in [-0.15, -0.1) is 0 Å². The Hall–Kier alpha value is -1.66. The molecule has 3 unspecified atom stereocenters. The Kier molecular flexibility index (Phi) is 4.01. The second-order valence-corrected chi connectivity index (χ2v) is 4.84. The Morgan fingerprint density at radius 1 is 1.58 bits per heavy atom. The van der Waals surface area contributed by atoms with Gasteiger partial charge in [0.15, 0.2) is 0 Å². The molecule has 1 aliphatic carbocycles. The van der Waals surface area contributed by atoms with Gasteiger partial charge < -0.3 is 15.8 Å². The number of nitrogens with two attached hydrogens (primary N) is 1. The van der Waals surface area contributed by atoms with E-state index in [-0.39, 0.29) is 28.8 Å². The number of nitro benzene ring substituents is 1. The second kappa shape index (κ2) is 5.54. The lowest BCUT2D eigenvalue weighted by Gasteiger charge is -2.42. The minimum atomic E-state index is -0.387. The molecule has 6 heteroatoms. The molecular weight excluding hydrogens is 246 g/mol. The predicted molar refractivity (Wildman–Crippen MR) is 73.3 cm³/mol. The molecule has 3 atom stereocenters. The summed E-state index contributed by atoms with van der Waals surface area (Å²) in [6.45, 7) is 4.44. The number of hydrogen-bond donors (Lipinski definition) is 2. The van der Waals surface area contributed by atoms with E-state index in [4.69, 9.17) is 10.5 Å². The van der Waals surface area contributed by atoms with Crippen molar-refractivity contribution in [1.29, 1.82) is 0 Å². The van der Waals surface area contributed by atoms with E-state index < -0.39 is 0 Å². The minimum absolute atomic E-state index is 0.0279. The highest BCUT2D eigenvalue weighted by molar-refractivity contribution is 5.63. The number of anilines is 1. The van der Waals surface area contributed by atoms with Crippen LogP contribution in [-0.4, -0.2) is 29.7 Å². The summed E-state index contributed by atoms with van der Waals surface area (Å²) in [4.78, 5) is 10.6. The number of benzene rings is 1. The van der Waals surface area contributed by atoms with Crippen molar-refractivity contribution in [3.05, 3.63) is 33.9 Å². The molecule has 0 radical (unpaired) electrons. The lowest BCUT2D eigenvalue weighted by atomic mass is 9.83. The number of hydrogen-bond acceptors (Lipinski definition) is 5. The van der Waals surface area contributed by atoms with Gasteiger partial charge in [0.2, 0.25) is 0 Å². The summed E-state index contributed by atoms with van der Waals surface area (Å²) in [7, 11) is 0. The molecule has 6 nitrogen and oxygen atoms in total. The SMILES string of the molecule is CCOC1CC(N)C1Nc1cc(C)ccc1[N+](=O)[O-]. The first kappa shape index (κ1) is 13.8. The number of aryl methyl sites for hydroxylation is 1. The topological polar surface area (TPSA) is 90.4 Å². The molecule has 0 heterocycles. The van der Waals surface area contributed by atoms with Crippen molar-refractivity contribution in [2.45, 2.75) is 38.5 Å². The second-order valence-electron chi connectivity index (χ2n) is 4.84. The van der Waals surface area contributed by atoms with Crippen molar-refractivity contribution in [2.24, 2.45) is 5.73 Å². The van der Waals surface area contributed by atoms with E-state index in [1.807, 2.05) is 13.8 Å². The lowest BCUT2D eigenvalue weighted by Crippen LogP contribution is -2.60. The summed E-state index contributed by atoms with van der Waals surface area (Å²) in [6, 6.07) is 4.91. The van der Waals surface area contributed by atoms with Crippen LogP contribution < -0.4 is 11.1 Å². The maximum atomic E-state index is 11.0. The highest BCUT2D eigenvalue weighted by Gasteiger charge is 2.40. The molecule has 19 heavy (non-hydrogen) atoms. The number of ether oxygens (including phenoxy) is 1. The molecule has 1 fully saturated rings. The van der Waals surface area contributed by atoms with Crippen molar-refractivity contribution in [1.82, 2.24) is 0 Å². The van der Waals surface area contributed by atoms with Gasteiger partial charge >= 0.3 is 0 Å². The van der Waals surface area contributed by atoms with Gasteiger partial charge in [0.25, 0.3) is 5.69 Å². The normalized spacial score (nSPS) is 25.7. The van der Waals surface area contributed by atoms with Crippen LogP contribution in [0.15, 0.2) is 18.2 Å². The Labute approximate surface area is 112 Å². The van der Waals surface area contributed by atoms with Gasteiger partial charge in [-0.3, -0.25) is 10.1 Å². The molecule has 0 amide bonds. The Balaban J connectivity index is 2.18. The zero-order valence-electron chi connectivity index (χ0n) is 11.1. The van der Waals surface area contributed by atoms with Crippen LogP contribution in [0.5, 0.6) is 0 Å². The van der Waals surface area contributed by atoms with Gasteiger partial charge in [-0.2, -0.15) is 0 Å². The fraction of sp³-hybridized carbons (Fsp3) is 0.538. The Morgan fingerprint density at radius 2 is 2.32 bits per heavy atom. The molecule has 1 aromatic carbocycles. The molecule has 0 aromatic heterocycles. The predicted octanol–water partition coefficient (Wildman–Crippen LogP) is 1.82. The smallest absolute Gasteiger partial charge is 0.292 e. The lowest BCUT2D eigenvalue weighted by molar-refractivity contribution is -0.384. The highest BCUT2D eigenvalue weighted by Crippen LogP contribution is 2.31. The molecule has 0 aliphatic heterocycles. The molecule has 0 saturated heterocycles. The van der Waals surface area contributed by atoms with Gasteiger partial charge in [0, 0.05) is 18.7 Å². The number of nitro groups is 1. The molecule has 1 aromatic rings. The third kappa shape index (κ3) is 2.85. The van der Waals surface area contributed by atoms with Gasteiger partial charge in [-0.25, -0.2) is 0 Å². The average molecular weight is 265 g/mol. The molecule has 1 aliphatic rings. The maximum Gasteiger partial charge on any atom is 0.292 e. The van der Waals surface area contributed by atoms with Gasteiger partial charge in [0.1, 0.15) is 5.69 Å². The molecule has 2 rings (SSSR count). The standard InChI is InChI=1S/C13H19N3O3/c1-3-19-12-7-9(14)13(12)15-10-6-8(2)4-5-11(10)16(17)18/h4-6,9,12-13,15H,3,7,14H2,1-2H3. The monoisotopic (exact) mass is 265 g/mol. The minimum Gasteiger partial charge on any atom is -0.376 e. The van der Waals surface area contributed by atoms with Crippen molar-refractivity contribution in [3.8, 4) is 0 Å². The van der Waals surface area contributed by atoms with Crippen LogP contribution in [0.2, 0.25) is 0 Å². The van der Waals surface area contributed by atoms with E-state index in [9.17, 15) is 10.1 Å². The zero-order valence-corrected chi connectivity index (χ0v) is 11.1. The van der Waals surface area contributed by atoms with Crippen molar-refractivity contribution < 1.29 is 9.66 Å². The van der Waals surface area contributed by atoms with E-state index in [2.05, 4.69) is 5.32 Å². The van der Waals surface area contributed by atoms with Crippen LogP contribution in [0.3, 0.4) is 0 Å². The number of nitrogens with one attached hydrogen (secondary N) is 1. The van der Waals surface area contributed by atoms with Crippen molar-refractivity contribution in [3.63, 3.8) is 0 Å². The van der Waals surface area contributed by atoms with E-state index >= 15 is 0 Å².